The zero-order valence-corrected chi connectivity index (χ0v) is 10.1. The normalized spacial score (nSPS) is 47.1. The maximum atomic E-state index is 11.8. The van der Waals surface area contributed by atoms with E-state index in [1.165, 1.54) is 6.42 Å². The average Bonchev–Trinajstić information content (AvgIpc) is 2.12. The molecular formula is C13H20N2O2. The van der Waals surface area contributed by atoms with Crippen molar-refractivity contribution < 1.29 is 9.59 Å². The van der Waals surface area contributed by atoms with E-state index in [0.29, 0.717) is 18.3 Å². The standard InChI is InChI=1S/C13H20N2O2/c14-10(16)6-12-2-8-1-9(3-12)5-13(4-8,7-12)11(15)17/h8-9H,1-7H2,(H2,14,16)(H2,15,17)/t8-,9-,12?,13?/m0/s1. The summed E-state index contributed by atoms with van der Waals surface area (Å²) in [5, 5.41) is 0. The summed E-state index contributed by atoms with van der Waals surface area (Å²) in [7, 11) is 0. The Morgan fingerprint density at radius 3 is 2.12 bits per heavy atom. The van der Waals surface area contributed by atoms with Crippen LogP contribution in [0.3, 0.4) is 0 Å². The van der Waals surface area contributed by atoms with Crippen molar-refractivity contribution in [2.75, 3.05) is 0 Å². The molecule has 2 amide bonds. The van der Waals surface area contributed by atoms with E-state index in [4.69, 9.17) is 11.5 Å². The van der Waals surface area contributed by atoms with Crippen LogP contribution < -0.4 is 11.5 Å². The van der Waals surface area contributed by atoms with Gasteiger partial charge in [0, 0.05) is 6.42 Å². The molecule has 4 heteroatoms. The van der Waals surface area contributed by atoms with Gasteiger partial charge >= 0.3 is 0 Å². The number of nitrogens with two attached hydrogens (primary N) is 2. The van der Waals surface area contributed by atoms with Crippen LogP contribution in [0.1, 0.15) is 44.9 Å². The summed E-state index contributed by atoms with van der Waals surface area (Å²) in [6.07, 6.45) is 6.48. The van der Waals surface area contributed by atoms with Crippen molar-refractivity contribution >= 4 is 11.8 Å². The molecule has 0 radical (unpaired) electrons. The van der Waals surface area contributed by atoms with Crippen molar-refractivity contribution in [1.82, 2.24) is 0 Å². The van der Waals surface area contributed by atoms with Crippen LogP contribution in [0.4, 0.5) is 0 Å². The Balaban J connectivity index is 1.94. The van der Waals surface area contributed by atoms with Gasteiger partial charge in [0.15, 0.2) is 0 Å². The average molecular weight is 236 g/mol. The minimum absolute atomic E-state index is 0.00898. The predicted octanol–water partition coefficient (Wildman–Crippen LogP) is 0.934. The Hall–Kier alpha value is -1.06. The molecule has 0 aromatic rings. The summed E-state index contributed by atoms with van der Waals surface area (Å²) in [4.78, 5) is 23.1. The summed E-state index contributed by atoms with van der Waals surface area (Å²) in [5.74, 6) is 0.790. The minimum atomic E-state index is -0.320. The molecule has 94 valence electrons. The molecule has 4 fully saturated rings. The van der Waals surface area contributed by atoms with Gasteiger partial charge in [0.2, 0.25) is 11.8 Å². The van der Waals surface area contributed by atoms with Crippen molar-refractivity contribution in [2.45, 2.75) is 44.9 Å². The van der Waals surface area contributed by atoms with Gasteiger partial charge in [-0.2, -0.15) is 0 Å². The largest absolute Gasteiger partial charge is 0.370 e. The monoisotopic (exact) mass is 236 g/mol. The highest BCUT2D eigenvalue weighted by Crippen LogP contribution is 2.66. The van der Waals surface area contributed by atoms with Gasteiger partial charge in [0.1, 0.15) is 0 Å². The van der Waals surface area contributed by atoms with Crippen molar-refractivity contribution in [3.63, 3.8) is 0 Å². The number of hydrogen-bond acceptors (Lipinski definition) is 2. The molecule has 2 atom stereocenters. The highest BCUT2D eigenvalue weighted by Gasteiger charge is 2.60. The first-order chi connectivity index (χ1) is 7.93. The number of carbonyl (C=O) groups excluding carboxylic acids is 2. The van der Waals surface area contributed by atoms with Gasteiger partial charge in [-0.1, -0.05) is 0 Å². The second-order valence-corrected chi connectivity index (χ2v) is 6.75. The molecule has 4 N–H and O–H groups in total. The molecular weight excluding hydrogens is 216 g/mol. The molecule has 0 aromatic carbocycles. The maximum Gasteiger partial charge on any atom is 0.223 e. The van der Waals surface area contributed by atoms with E-state index in [-0.39, 0.29) is 22.6 Å². The van der Waals surface area contributed by atoms with Crippen molar-refractivity contribution in [3.8, 4) is 0 Å². The number of rotatable bonds is 3. The zero-order chi connectivity index (χ0) is 12.3. The third kappa shape index (κ3) is 1.57. The molecule has 4 nitrogen and oxygen atoms in total. The van der Waals surface area contributed by atoms with E-state index >= 15 is 0 Å². The van der Waals surface area contributed by atoms with E-state index in [9.17, 15) is 9.59 Å². The summed E-state index contributed by atoms with van der Waals surface area (Å²) >= 11 is 0. The lowest BCUT2D eigenvalue weighted by Crippen LogP contribution is -2.57. The van der Waals surface area contributed by atoms with Gasteiger partial charge < -0.3 is 11.5 Å². The number of hydrogen-bond donors (Lipinski definition) is 2. The third-order valence-electron chi connectivity index (χ3n) is 5.25. The fraction of sp³-hybridized carbons (Fsp3) is 0.846. The van der Waals surface area contributed by atoms with Crippen LogP contribution in [0.15, 0.2) is 0 Å². The molecule has 4 bridgehead atoms. The van der Waals surface area contributed by atoms with Gasteiger partial charge in [-0.25, -0.2) is 0 Å². The SMILES string of the molecule is NC(=O)CC12C[C@@H]3C[C@@H](C1)CC(C(N)=O)(C3)C2. The van der Waals surface area contributed by atoms with Crippen LogP contribution in [0.5, 0.6) is 0 Å². The minimum Gasteiger partial charge on any atom is -0.370 e. The highest BCUT2D eigenvalue weighted by molar-refractivity contribution is 5.82. The lowest BCUT2D eigenvalue weighted by molar-refractivity contribution is -0.157. The van der Waals surface area contributed by atoms with Crippen molar-refractivity contribution in [2.24, 2.45) is 34.1 Å². The Kier molecular flexibility index (Phi) is 2.11. The molecule has 0 spiro atoms. The first-order valence-electron chi connectivity index (χ1n) is 6.51. The third-order valence-corrected chi connectivity index (χ3v) is 5.25. The molecule has 4 aliphatic rings. The topological polar surface area (TPSA) is 86.2 Å². The number of amides is 2. The van der Waals surface area contributed by atoms with Gasteiger partial charge in [0.05, 0.1) is 5.41 Å². The summed E-state index contributed by atoms with van der Waals surface area (Å²) in [6.45, 7) is 0. The van der Waals surface area contributed by atoms with Crippen molar-refractivity contribution in [3.05, 3.63) is 0 Å². The van der Waals surface area contributed by atoms with Crippen LogP contribution in [0.2, 0.25) is 0 Å². The Morgan fingerprint density at radius 1 is 1.06 bits per heavy atom. The first-order valence-corrected chi connectivity index (χ1v) is 6.51. The fourth-order valence-electron chi connectivity index (χ4n) is 5.32. The Morgan fingerprint density at radius 2 is 1.65 bits per heavy atom. The second kappa shape index (κ2) is 3.24. The molecule has 0 aliphatic heterocycles. The first kappa shape index (κ1) is 11.1. The van der Waals surface area contributed by atoms with E-state index in [0.717, 1.165) is 32.1 Å². The van der Waals surface area contributed by atoms with Crippen LogP contribution >= 0.6 is 0 Å². The van der Waals surface area contributed by atoms with Crippen LogP contribution in [0.25, 0.3) is 0 Å². The van der Waals surface area contributed by atoms with Gasteiger partial charge in [0.25, 0.3) is 0 Å². The summed E-state index contributed by atoms with van der Waals surface area (Å²) < 4.78 is 0. The lowest BCUT2D eigenvalue weighted by Gasteiger charge is -2.60. The summed E-state index contributed by atoms with van der Waals surface area (Å²) in [6, 6.07) is 0. The van der Waals surface area contributed by atoms with Gasteiger partial charge in [-0.3, -0.25) is 9.59 Å². The Labute approximate surface area is 101 Å². The zero-order valence-electron chi connectivity index (χ0n) is 10.1. The molecule has 4 rings (SSSR count). The predicted molar refractivity (Wildman–Crippen MR) is 62.6 cm³/mol. The lowest BCUT2D eigenvalue weighted by atomic mass is 9.43. The number of carbonyl (C=O) groups is 2. The molecule has 0 unspecified atom stereocenters. The fourth-order valence-corrected chi connectivity index (χ4v) is 5.32. The van der Waals surface area contributed by atoms with Crippen LogP contribution in [-0.4, -0.2) is 11.8 Å². The molecule has 0 saturated heterocycles. The van der Waals surface area contributed by atoms with E-state index in [1.54, 1.807) is 0 Å². The summed E-state index contributed by atoms with van der Waals surface area (Å²) in [5.41, 5.74) is 10.7. The van der Waals surface area contributed by atoms with E-state index < -0.39 is 0 Å². The smallest absolute Gasteiger partial charge is 0.223 e. The van der Waals surface area contributed by atoms with E-state index in [2.05, 4.69) is 0 Å². The molecule has 0 heterocycles. The van der Waals surface area contributed by atoms with Crippen LogP contribution in [0, 0.1) is 22.7 Å². The van der Waals surface area contributed by atoms with Gasteiger partial charge in [-0.05, 0) is 55.8 Å². The number of primary amides is 2. The van der Waals surface area contributed by atoms with E-state index in [1.807, 2.05) is 0 Å². The molecule has 17 heavy (non-hydrogen) atoms. The van der Waals surface area contributed by atoms with Gasteiger partial charge in [-0.15, -0.1) is 0 Å². The molecule has 0 aromatic heterocycles. The maximum absolute atomic E-state index is 11.8. The Bertz CT molecular complexity index is 377. The molecule has 4 saturated carbocycles. The second-order valence-electron chi connectivity index (χ2n) is 6.75. The highest BCUT2D eigenvalue weighted by atomic mass is 16.1. The molecule has 4 aliphatic carbocycles. The van der Waals surface area contributed by atoms with Crippen molar-refractivity contribution in [1.29, 1.82) is 0 Å². The van der Waals surface area contributed by atoms with Crippen LogP contribution in [-0.2, 0) is 9.59 Å². The quantitative estimate of drug-likeness (QED) is 0.763.